The van der Waals surface area contributed by atoms with Crippen LogP contribution in [0.2, 0.25) is 0 Å². The summed E-state index contributed by atoms with van der Waals surface area (Å²) >= 11 is 0. The highest BCUT2D eigenvalue weighted by Crippen LogP contribution is 2.15. The zero-order valence-electron chi connectivity index (χ0n) is 11.5. The Morgan fingerprint density at radius 3 is 2.80 bits per heavy atom. The highest BCUT2D eigenvalue weighted by Gasteiger charge is 2.16. The third kappa shape index (κ3) is 2.61. The van der Waals surface area contributed by atoms with Crippen LogP contribution in [-0.4, -0.2) is 23.1 Å². The molecular formula is C13H15FN4O2. The Morgan fingerprint density at radius 1 is 1.45 bits per heavy atom. The van der Waals surface area contributed by atoms with E-state index in [9.17, 15) is 9.18 Å². The van der Waals surface area contributed by atoms with Crippen LogP contribution in [0.15, 0.2) is 16.8 Å². The smallest absolute Gasteiger partial charge is 0.254 e. The topological polar surface area (TPSA) is 80.0 Å². The summed E-state index contributed by atoms with van der Waals surface area (Å²) in [6.45, 7) is 3.77. The van der Waals surface area contributed by atoms with Gasteiger partial charge in [0.25, 0.3) is 5.91 Å². The van der Waals surface area contributed by atoms with Crippen molar-refractivity contribution in [3.63, 3.8) is 0 Å². The van der Waals surface area contributed by atoms with Crippen molar-refractivity contribution < 1.29 is 13.7 Å². The van der Waals surface area contributed by atoms with Crippen LogP contribution in [0.3, 0.4) is 0 Å². The predicted octanol–water partition coefficient (Wildman–Crippen LogP) is 1.80. The number of aromatic nitrogens is 2. The van der Waals surface area contributed by atoms with Gasteiger partial charge in [-0.15, -0.1) is 0 Å². The lowest BCUT2D eigenvalue weighted by atomic mass is 10.2. The fourth-order valence-electron chi connectivity index (χ4n) is 1.81. The van der Waals surface area contributed by atoms with Crippen molar-refractivity contribution in [2.24, 2.45) is 0 Å². The molecule has 0 atom stereocenters. The van der Waals surface area contributed by atoms with Gasteiger partial charge in [-0.2, -0.15) is 0 Å². The number of carbonyl (C=O) groups excluding carboxylic acids is 1. The van der Waals surface area contributed by atoms with Gasteiger partial charge in [-0.1, -0.05) is 5.16 Å². The largest absolute Gasteiger partial charge is 0.371 e. The molecule has 20 heavy (non-hydrogen) atoms. The van der Waals surface area contributed by atoms with E-state index in [1.807, 2.05) is 0 Å². The van der Waals surface area contributed by atoms with Gasteiger partial charge in [-0.3, -0.25) is 4.79 Å². The van der Waals surface area contributed by atoms with Crippen LogP contribution in [0, 0.1) is 19.7 Å². The molecule has 2 aromatic heterocycles. The molecule has 0 fully saturated rings. The maximum atomic E-state index is 13.9. The second kappa shape index (κ2) is 5.68. The maximum Gasteiger partial charge on any atom is 0.254 e. The first kappa shape index (κ1) is 14.0. The number of rotatable bonds is 4. The van der Waals surface area contributed by atoms with Gasteiger partial charge in [0.15, 0.2) is 11.6 Å². The van der Waals surface area contributed by atoms with Crippen LogP contribution in [0.5, 0.6) is 0 Å². The quantitative estimate of drug-likeness (QED) is 0.891. The average Bonchev–Trinajstić information content (AvgIpc) is 2.76. The summed E-state index contributed by atoms with van der Waals surface area (Å²) < 4.78 is 18.9. The molecule has 0 spiro atoms. The zero-order chi connectivity index (χ0) is 14.7. The van der Waals surface area contributed by atoms with Gasteiger partial charge in [0, 0.05) is 25.4 Å². The number of hydrogen-bond acceptors (Lipinski definition) is 5. The Balaban J connectivity index is 2.13. The molecule has 2 N–H and O–H groups in total. The first-order valence-electron chi connectivity index (χ1n) is 6.06. The molecule has 0 radical (unpaired) electrons. The lowest BCUT2D eigenvalue weighted by Crippen LogP contribution is -2.24. The fourth-order valence-corrected chi connectivity index (χ4v) is 1.81. The van der Waals surface area contributed by atoms with Crippen molar-refractivity contribution in [1.82, 2.24) is 15.5 Å². The van der Waals surface area contributed by atoms with Crippen molar-refractivity contribution in [3.8, 4) is 0 Å². The number of nitrogens with one attached hydrogen (secondary N) is 2. The molecule has 0 saturated heterocycles. The fraction of sp³-hybridized carbons (Fsp3) is 0.308. The molecular weight excluding hydrogens is 263 g/mol. The van der Waals surface area contributed by atoms with Gasteiger partial charge in [-0.25, -0.2) is 9.37 Å². The number of halogens is 1. The summed E-state index contributed by atoms with van der Waals surface area (Å²) in [6.07, 6.45) is 1.37. The van der Waals surface area contributed by atoms with Gasteiger partial charge in [0.1, 0.15) is 5.76 Å². The Labute approximate surface area is 115 Å². The predicted molar refractivity (Wildman–Crippen MR) is 70.9 cm³/mol. The molecule has 6 nitrogen and oxygen atoms in total. The van der Waals surface area contributed by atoms with E-state index in [2.05, 4.69) is 20.8 Å². The summed E-state index contributed by atoms with van der Waals surface area (Å²) in [5.41, 5.74) is 1.44. The Morgan fingerprint density at radius 2 is 2.20 bits per heavy atom. The minimum atomic E-state index is -0.675. The third-order valence-corrected chi connectivity index (χ3v) is 2.98. The minimum Gasteiger partial charge on any atom is -0.371 e. The molecule has 0 unspecified atom stereocenters. The van der Waals surface area contributed by atoms with Crippen molar-refractivity contribution >= 4 is 11.7 Å². The molecule has 0 aliphatic carbocycles. The average molecular weight is 278 g/mol. The van der Waals surface area contributed by atoms with Crippen LogP contribution in [-0.2, 0) is 6.54 Å². The van der Waals surface area contributed by atoms with Gasteiger partial charge in [0.2, 0.25) is 0 Å². The number of hydrogen-bond donors (Lipinski definition) is 2. The molecule has 7 heteroatoms. The number of carbonyl (C=O) groups is 1. The molecule has 2 rings (SSSR count). The van der Waals surface area contributed by atoms with E-state index in [1.165, 1.54) is 19.3 Å². The zero-order valence-corrected chi connectivity index (χ0v) is 11.5. The second-order valence-electron chi connectivity index (χ2n) is 4.26. The highest BCUT2D eigenvalue weighted by molar-refractivity contribution is 5.95. The van der Waals surface area contributed by atoms with E-state index < -0.39 is 11.7 Å². The number of pyridine rings is 1. The molecule has 0 aromatic carbocycles. The van der Waals surface area contributed by atoms with Crippen molar-refractivity contribution in [1.29, 1.82) is 0 Å². The molecule has 0 aliphatic heterocycles. The second-order valence-corrected chi connectivity index (χ2v) is 4.26. The van der Waals surface area contributed by atoms with Gasteiger partial charge < -0.3 is 15.2 Å². The van der Waals surface area contributed by atoms with Gasteiger partial charge >= 0.3 is 0 Å². The van der Waals surface area contributed by atoms with Crippen molar-refractivity contribution in [2.45, 2.75) is 20.4 Å². The number of anilines is 1. The first-order valence-corrected chi connectivity index (χ1v) is 6.06. The molecule has 0 saturated carbocycles. The first-order chi connectivity index (χ1) is 9.54. The standard InChI is InChI=1S/C13H15FN4O2/c1-7-10(8(2)20-18-7)6-17-13(19)9-4-5-16-12(15-3)11(9)14/h4-5H,6H2,1-3H3,(H,15,16)(H,17,19). The molecule has 0 bridgehead atoms. The van der Waals surface area contributed by atoms with Crippen molar-refractivity contribution in [2.75, 3.05) is 12.4 Å². The normalized spacial score (nSPS) is 10.4. The summed E-state index contributed by atoms with van der Waals surface area (Å²) in [7, 11) is 1.54. The summed E-state index contributed by atoms with van der Waals surface area (Å²) in [6, 6.07) is 1.33. The third-order valence-electron chi connectivity index (χ3n) is 2.98. The molecule has 1 amide bonds. The van der Waals surface area contributed by atoms with Crippen LogP contribution < -0.4 is 10.6 Å². The van der Waals surface area contributed by atoms with Crippen LogP contribution in [0.4, 0.5) is 10.2 Å². The lowest BCUT2D eigenvalue weighted by Gasteiger charge is -2.08. The molecule has 0 aliphatic rings. The van der Waals surface area contributed by atoms with Crippen LogP contribution >= 0.6 is 0 Å². The molecule has 2 aromatic rings. The summed E-state index contributed by atoms with van der Waals surface area (Å²) in [5, 5.41) is 9.02. The van der Waals surface area contributed by atoms with Crippen LogP contribution in [0.1, 0.15) is 27.4 Å². The van der Waals surface area contributed by atoms with Crippen molar-refractivity contribution in [3.05, 3.63) is 40.7 Å². The Hall–Kier alpha value is -2.44. The number of aryl methyl sites for hydroxylation is 2. The van der Waals surface area contributed by atoms with E-state index in [4.69, 9.17) is 4.52 Å². The monoisotopic (exact) mass is 278 g/mol. The number of amides is 1. The van der Waals surface area contributed by atoms with E-state index >= 15 is 0 Å². The summed E-state index contributed by atoms with van der Waals surface area (Å²) in [4.78, 5) is 15.8. The summed E-state index contributed by atoms with van der Waals surface area (Å²) in [5.74, 6) is -0.517. The van der Waals surface area contributed by atoms with E-state index in [0.29, 0.717) is 11.5 Å². The Kier molecular flexibility index (Phi) is 3.97. The van der Waals surface area contributed by atoms with Gasteiger partial charge in [0.05, 0.1) is 11.3 Å². The Bertz CT molecular complexity index is 620. The minimum absolute atomic E-state index is 0.0370. The van der Waals surface area contributed by atoms with Crippen LogP contribution in [0.25, 0.3) is 0 Å². The van der Waals surface area contributed by atoms with E-state index in [1.54, 1.807) is 13.8 Å². The maximum absolute atomic E-state index is 13.9. The number of nitrogens with zero attached hydrogens (tertiary/aromatic N) is 2. The SMILES string of the molecule is CNc1nccc(C(=O)NCc2c(C)noc2C)c1F. The van der Waals surface area contributed by atoms with E-state index in [-0.39, 0.29) is 17.9 Å². The lowest BCUT2D eigenvalue weighted by molar-refractivity contribution is 0.0946. The molecule has 2 heterocycles. The van der Waals surface area contributed by atoms with Gasteiger partial charge in [-0.05, 0) is 19.9 Å². The molecule has 106 valence electrons. The highest BCUT2D eigenvalue weighted by atomic mass is 19.1. The van der Waals surface area contributed by atoms with E-state index in [0.717, 1.165) is 5.56 Å².